The van der Waals surface area contributed by atoms with E-state index in [2.05, 4.69) is 20.7 Å². The highest BCUT2D eigenvalue weighted by molar-refractivity contribution is 6.45. The molecule has 2 amide bonds. The number of aliphatic imine (C=N–C) groups is 1. The molecular weight excluding hydrogens is 338 g/mol. The summed E-state index contributed by atoms with van der Waals surface area (Å²) in [6, 6.07) is 8.36. The fourth-order valence-corrected chi connectivity index (χ4v) is 2.02. The molecule has 0 aromatic heterocycles. The number of hydrazine groups is 1. The van der Waals surface area contributed by atoms with Crippen LogP contribution in [0.15, 0.2) is 47.1 Å². The molecule has 1 aliphatic rings. The molecule has 9 heteroatoms. The van der Waals surface area contributed by atoms with Crippen LogP contribution in [0.3, 0.4) is 0 Å². The predicted molar refractivity (Wildman–Crippen MR) is 94.8 cm³/mol. The summed E-state index contributed by atoms with van der Waals surface area (Å²) >= 11 is 0. The Kier molecular flexibility index (Phi) is 6.59. The number of likely N-dealkylation sites (N-methyl/N-ethyl adjacent to an activating group) is 2. The van der Waals surface area contributed by atoms with Gasteiger partial charge in [-0.25, -0.2) is 9.79 Å². The van der Waals surface area contributed by atoms with Crippen LogP contribution in [0.1, 0.15) is 10.4 Å². The van der Waals surface area contributed by atoms with Gasteiger partial charge in [0.15, 0.2) is 0 Å². The fraction of sp³-hybridized carbons (Fsp3) is 0.294. The molecule has 0 bridgehead atoms. The average molecular weight is 359 g/mol. The Labute approximate surface area is 151 Å². The van der Waals surface area contributed by atoms with Gasteiger partial charge in [-0.15, -0.1) is 0 Å². The number of rotatable bonds is 6. The highest BCUT2D eigenvalue weighted by Gasteiger charge is 2.26. The summed E-state index contributed by atoms with van der Waals surface area (Å²) in [5, 5.41) is 3.96. The minimum Gasteiger partial charge on any atom is -0.349 e. The normalized spacial score (nSPS) is 16.2. The lowest BCUT2D eigenvalue weighted by Crippen LogP contribution is -2.36. The molecule has 9 nitrogen and oxygen atoms in total. The van der Waals surface area contributed by atoms with Crippen LogP contribution >= 0.6 is 0 Å². The molecule has 1 aromatic rings. The van der Waals surface area contributed by atoms with Crippen molar-refractivity contribution in [2.24, 2.45) is 4.99 Å². The van der Waals surface area contributed by atoms with Gasteiger partial charge >= 0.3 is 5.97 Å². The summed E-state index contributed by atoms with van der Waals surface area (Å²) in [4.78, 5) is 46.9. The second-order valence-corrected chi connectivity index (χ2v) is 5.80. The lowest BCUT2D eigenvalue weighted by Gasteiger charge is -2.11. The zero-order valence-electron chi connectivity index (χ0n) is 14.9. The third kappa shape index (κ3) is 5.23. The minimum absolute atomic E-state index is 0.0624. The third-order valence-electron chi connectivity index (χ3n) is 3.44. The zero-order chi connectivity index (χ0) is 19.1. The van der Waals surface area contributed by atoms with Gasteiger partial charge in [0, 0.05) is 31.8 Å². The molecule has 1 fully saturated rings. The third-order valence-corrected chi connectivity index (χ3v) is 3.44. The first-order valence-corrected chi connectivity index (χ1v) is 7.91. The number of carbonyl (C=O) groups excluding carboxylic acids is 3. The molecule has 0 spiro atoms. The maximum absolute atomic E-state index is 12.4. The number of hydrogen-bond acceptors (Lipinski definition) is 7. The molecule has 0 unspecified atom stereocenters. The predicted octanol–water partition coefficient (Wildman–Crippen LogP) is -0.262. The minimum atomic E-state index is -0.673. The van der Waals surface area contributed by atoms with E-state index in [-0.39, 0.29) is 11.4 Å². The van der Waals surface area contributed by atoms with E-state index in [1.165, 1.54) is 18.1 Å². The Balaban J connectivity index is 2.27. The molecule has 0 aliphatic carbocycles. The number of nitrogens with zero attached hydrogens (tertiary/aromatic N) is 3. The monoisotopic (exact) mass is 359 g/mol. The van der Waals surface area contributed by atoms with Crippen molar-refractivity contribution in [2.75, 3.05) is 34.2 Å². The Morgan fingerprint density at radius 3 is 2.58 bits per heavy atom. The van der Waals surface area contributed by atoms with Crippen LogP contribution in [0.5, 0.6) is 0 Å². The van der Waals surface area contributed by atoms with Crippen molar-refractivity contribution < 1.29 is 19.2 Å². The van der Waals surface area contributed by atoms with Gasteiger partial charge in [-0.1, -0.05) is 23.8 Å². The van der Waals surface area contributed by atoms with E-state index in [0.29, 0.717) is 18.7 Å². The summed E-state index contributed by atoms with van der Waals surface area (Å²) in [7, 11) is 5.28. The Bertz CT molecular complexity index is 743. The van der Waals surface area contributed by atoms with Crippen LogP contribution in [0.4, 0.5) is 0 Å². The lowest BCUT2D eigenvalue weighted by molar-refractivity contribution is -0.142. The van der Waals surface area contributed by atoms with E-state index >= 15 is 0 Å². The summed E-state index contributed by atoms with van der Waals surface area (Å²) in [5.74, 6) is -1.81. The molecule has 26 heavy (non-hydrogen) atoms. The Morgan fingerprint density at radius 2 is 2.00 bits per heavy atom. The average Bonchev–Trinajstić information content (AvgIpc) is 2.93. The van der Waals surface area contributed by atoms with Crippen LogP contribution < -0.4 is 10.9 Å². The van der Waals surface area contributed by atoms with Crippen molar-refractivity contribution in [1.82, 2.24) is 20.8 Å². The highest BCUT2D eigenvalue weighted by Crippen LogP contribution is 2.09. The quantitative estimate of drug-likeness (QED) is 0.533. The molecule has 2 rings (SSSR count). The second kappa shape index (κ2) is 8.88. The van der Waals surface area contributed by atoms with E-state index < -0.39 is 17.8 Å². The topological polar surface area (TPSA) is 103 Å². The first kappa shape index (κ1) is 19.3. The van der Waals surface area contributed by atoms with Gasteiger partial charge in [0.25, 0.3) is 11.8 Å². The van der Waals surface area contributed by atoms with Crippen LogP contribution in [-0.2, 0) is 14.4 Å². The largest absolute Gasteiger partial charge is 0.376 e. The van der Waals surface area contributed by atoms with Crippen molar-refractivity contribution >= 4 is 23.5 Å². The number of carbonyl (C=O) groups is 3. The zero-order valence-corrected chi connectivity index (χ0v) is 14.9. The lowest BCUT2D eigenvalue weighted by atomic mass is 10.2. The number of hydrogen-bond donors (Lipinski definition) is 2. The van der Waals surface area contributed by atoms with Gasteiger partial charge in [0.1, 0.15) is 11.4 Å². The first-order valence-electron chi connectivity index (χ1n) is 7.91. The smallest absolute Gasteiger partial charge is 0.349 e. The van der Waals surface area contributed by atoms with Crippen molar-refractivity contribution in [2.45, 2.75) is 0 Å². The number of amides is 2. The SMILES string of the molecule is CN(C)CCNC(=O)C(/C=C1\C(=O)ONN1C)=NC(=O)c1ccccc1. The molecule has 0 saturated carbocycles. The van der Waals surface area contributed by atoms with Gasteiger partial charge in [-0.05, 0) is 26.2 Å². The highest BCUT2D eigenvalue weighted by atomic mass is 16.7. The summed E-state index contributed by atoms with van der Waals surface area (Å²) in [5.41, 5.74) is 2.56. The van der Waals surface area contributed by atoms with Crippen LogP contribution in [-0.4, -0.2) is 67.6 Å². The number of benzene rings is 1. The molecule has 1 aromatic carbocycles. The van der Waals surface area contributed by atoms with E-state index in [0.717, 1.165) is 0 Å². The van der Waals surface area contributed by atoms with E-state index in [9.17, 15) is 14.4 Å². The van der Waals surface area contributed by atoms with Crippen LogP contribution in [0.2, 0.25) is 0 Å². The van der Waals surface area contributed by atoms with Gasteiger partial charge in [-0.3, -0.25) is 14.6 Å². The van der Waals surface area contributed by atoms with Gasteiger partial charge in [0.05, 0.1) is 0 Å². The van der Waals surface area contributed by atoms with Crippen molar-refractivity contribution in [3.8, 4) is 0 Å². The van der Waals surface area contributed by atoms with Crippen molar-refractivity contribution in [1.29, 1.82) is 0 Å². The van der Waals surface area contributed by atoms with E-state index in [1.807, 2.05) is 19.0 Å². The summed E-state index contributed by atoms with van der Waals surface area (Å²) < 4.78 is 0. The number of nitrogens with one attached hydrogen (secondary N) is 2. The molecule has 0 radical (unpaired) electrons. The maximum atomic E-state index is 12.4. The maximum Gasteiger partial charge on any atom is 0.376 e. The first-order chi connectivity index (χ1) is 12.4. The standard InChI is InChI=1S/C17H21N5O4/c1-21(2)10-9-18-16(24)13(11-14-17(25)26-20-22(14)3)19-15(23)12-7-5-4-6-8-12/h4-8,11,20H,9-10H2,1-3H3,(H,18,24)/b14-11+,19-13?. The van der Waals surface area contributed by atoms with E-state index in [1.54, 1.807) is 30.3 Å². The van der Waals surface area contributed by atoms with Gasteiger partial charge in [0.2, 0.25) is 0 Å². The van der Waals surface area contributed by atoms with Gasteiger partial charge < -0.3 is 15.1 Å². The van der Waals surface area contributed by atoms with Gasteiger partial charge in [-0.2, -0.15) is 0 Å². The molecule has 1 heterocycles. The Hall–Kier alpha value is -3.04. The molecule has 1 aliphatic heterocycles. The second-order valence-electron chi connectivity index (χ2n) is 5.80. The molecule has 138 valence electrons. The van der Waals surface area contributed by atoms with E-state index in [4.69, 9.17) is 0 Å². The molecule has 2 N–H and O–H groups in total. The molecular formula is C17H21N5O4. The molecule has 0 atom stereocenters. The van der Waals surface area contributed by atoms with Crippen molar-refractivity contribution in [3.05, 3.63) is 47.7 Å². The summed E-state index contributed by atoms with van der Waals surface area (Å²) in [6.07, 6.45) is 1.22. The fourth-order valence-electron chi connectivity index (χ4n) is 2.02. The summed E-state index contributed by atoms with van der Waals surface area (Å²) in [6.45, 7) is 0.984. The molecule has 1 saturated heterocycles. The Morgan fingerprint density at radius 1 is 1.31 bits per heavy atom. The van der Waals surface area contributed by atoms with Crippen LogP contribution in [0.25, 0.3) is 0 Å². The van der Waals surface area contributed by atoms with Crippen LogP contribution in [0, 0.1) is 0 Å². The van der Waals surface area contributed by atoms with Crippen molar-refractivity contribution in [3.63, 3.8) is 0 Å².